The summed E-state index contributed by atoms with van der Waals surface area (Å²) in [5, 5.41) is 8.09. The Morgan fingerprint density at radius 3 is 2.21 bits per heavy atom. The first-order chi connectivity index (χ1) is 13.4. The zero-order valence-electron chi connectivity index (χ0n) is 16.4. The van der Waals surface area contributed by atoms with Gasteiger partial charge < -0.3 is 26.4 Å². The molecular formula is C19H29N5O4. The quantitative estimate of drug-likeness (QED) is 0.526. The number of nitrogens with one attached hydrogen (secondary N) is 3. The van der Waals surface area contributed by atoms with Crippen LogP contribution in [-0.4, -0.2) is 61.6 Å². The van der Waals surface area contributed by atoms with E-state index in [-0.39, 0.29) is 17.7 Å². The molecule has 1 saturated heterocycles. The second-order valence-electron chi connectivity index (χ2n) is 6.88. The lowest BCUT2D eigenvalue weighted by Gasteiger charge is -2.25. The fraction of sp³-hybridized carbons (Fsp3) is 0.526. The van der Waals surface area contributed by atoms with Crippen molar-refractivity contribution in [2.24, 2.45) is 11.7 Å². The lowest BCUT2D eigenvalue weighted by molar-refractivity contribution is -0.119. The van der Waals surface area contributed by atoms with Gasteiger partial charge in [-0.3, -0.25) is 14.5 Å². The molecule has 0 saturated carbocycles. The molecular weight excluding hydrogens is 362 g/mol. The average molecular weight is 391 g/mol. The first-order valence-corrected chi connectivity index (χ1v) is 9.46. The van der Waals surface area contributed by atoms with Crippen molar-refractivity contribution < 1.29 is 19.1 Å². The van der Waals surface area contributed by atoms with Gasteiger partial charge in [-0.15, -0.1) is 0 Å². The van der Waals surface area contributed by atoms with Crippen molar-refractivity contribution in [1.82, 2.24) is 10.2 Å². The van der Waals surface area contributed by atoms with Crippen LogP contribution in [0.25, 0.3) is 0 Å². The number of amides is 4. The third-order valence-electron chi connectivity index (χ3n) is 4.70. The van der Waals surface area contributed by atoms with Crippen LogP contribution in [0.4, 0.5) is 16.2 Å². The number of carbonyl (C=O) groups is 3. The van der Waals surface area contributed by atoms with E-state index in [4.69, 9.17) is 10.5 Å². The molecule has 2 rings (SSSR count). The van der Waals surface area contributed by atoms with Crippen molar-refractivity contribution in [2.75, 3.05) is 43.5 Å². The number of nitrogens with zero attached hydrogens (tertiary/aromatic N) is 1. The van der Waals surface area contributed by atoms with Gasteiger partial charge in [-0.05, 0) is 30.2 Å². The van der Waals surface area contributed by atoms with Crippen LogP contribution < -0.4 is 21.7 Å². The number of carbonyl (C=O) groups excluding carboxylic acids is 3. The van der Waals surface area contributed by atoms with Gasteiger partial charge in [0.2, 0.25) is 11.8 Å². The highest BCUT2D eigenvalue weighted by atomic mass is 16.5. The molecule has 1 aromatic carbocycles. The van der Waals surface area contributed by atoms with Crippen molar-refractivity contribution in [1.29, 1.82) is 0 Å². The molecule has 0 spiro atoms. The molecule has 4 amide bonds. The van der Waals surface area contributed by atoms with E-state index in [1.807, 2.05) is 18.7 Å². The molecule has 5 N–H and O–H groups in total. The number of anilines is 2. The standard InChI is InChI=1S/C19H29N5O4/c1-3-13(2)17(23-19(20)27)18(26)22-15-6-4-14(5-7-15)21-16(25)12-24-8-10-28-11-9-24/h4-7,13,17H,3,8-12H2,1-2H3,(H,21,25)(H,22,26)(H3,20,23,27)/t13-,17+/m1/s1. The van der Waals surface area contributed by atoms with Crippen LogP contribution in [0.2, 0.25) is 0 Å². The van der Waals surface area contributed by atoms with Crippen LogP contribution in [0, 0.1) is 5.92 Å². The maximum absolute atomic E-state index is 12.5. The maximum atomic E-state index is 12.5. The van der Waals surface area contributed by atoms with E-state index in [9.17, 15) is 14.4 Å². The Kier molecular flexibility index (Phi) is 8.21. The van der Waals surface area contributed by atoms with Crippen molar-refractivity contribution in [3.05, 3.63) is 24.3 Å². The molecule has 0 bridgehead atoms. The third kappa shape index (κ3) is 6.82. The third-order valence-corrected chi connectivity index (χ3v) is 4.70. The van der Waals surface area contributed by atoms with Gasteiger partial charge in [0.25, 0.3) is 0 Å². The topological polar surface area (TPSA) is 126 Å². The minimum Gasteiger partial charge on any atom is -0.379 e. The van der Waals surface area contributed by atoms with Gasteiger partial charge in [0, 0.05) is 24.5 Å². The Morgan fingerprint density at radius 1 is 1.11 bits per heavy atom. The Labute approximate surface area is 165 Å². The molecule has 9 nitrogen and oxygen atoms in total. The van der Waals surface area contributed by atoms with Crippen LogP contribution in [0.15, 0.2) is 24.3 Å². The van der Waals surface area contributed by atoms with Crippen LogP contribution in [-0.2, 0) is 14.3 Å². The van der Waals surface area contributed by atoms with E-state index < -0.39 is 12.1 Å². The molecule has 2 atom stereocenters. The number of benzene rings is 1. The van der Waals surface area contributed by atoms with Crippen LogP contribution in [0.5, 0.6) is 0 Å². The number of urea groups is 1. The Bertz CT molecular complexity index is 673. The van der Waals surface area contributed by atoms with E-state index in [0.29, 0.717) is 37.6 Å². The van der Waals surface area contributed by atoms with E-state index in [2.05, 4.69) is 16.0 Å². The molecule has 1 aromatic rings. The van der Waals surface area contributed by atoms with Crippen molar-refractivity contribution in [2.45, 2.75) is 26.3 Å². The van der Waals surface area contributed by atoms with E-state index in [0.717, 1.165) is 13.1 Å². The SMILES string of the molecule is CC[C@@H](C)[C@H](NC(N)=O)C(=O)Nc1ccc(NC(=O)CN2CCOCC2)cc1. The molecule has 154 valence electrons. The van der Waals surface area contributed by atoms with Crippen molar-refractivity contribution in [3.63, 3.8) is 0 Å². The van der Waals surface area contributed by atoms with Crippen molar-refractivity contribution in [3.8, 4) is 0 Å². The number of rotatable bonds is 8. The summed E-state index contributed by atoms with van der Waals surface area (Å²) in [6, 6.07) is 5.37. The summed E-state index contributed by atoms with van der Waals surface area (Å²) in [6.45, 7) is 6.89. The van der Waals surface area contributed by atoms with Gasteiger partial charge in [0.1, 0.15) is 6.04 Å². The van der Waals surface area contributed by atoms with E-state index in [1.54, 1.807) is 24.3 Å². The zero-order valence-corrected chi connectivity index (χ0v) is 16.4. The lowest BCUT2D eigenvalue weighted by Crippen LogP contribution is -2.49. The molecule has 0 radical (unpaired) electrons. The largest absolute Gasteiger partial charge is 0.379 e. The Balaban J connectivity index is 1.89. The minimum atomic E-state index is -0.737. The summed E-state index contributed by atoms with van der Waals surface area (Å²) >= 11 is 0. The first-order valence-electron chi connectivity index (χ1n) is 9.46. The number of ether oxygens (including phenoxy) is 1. The number of nitrogens with two attached hydrogens (primary N) is 1. The molecule has 1 heterocycles. The number of morpholine rings is 1. The predicted octanol–water partition coefficient (Wildman–Crippen LogP) is 0.979. The highest BCUT2D eigenvalue weighted by Gasteiger charge is 2.25. The van der Waals surface area contributed by atoms with Gasteiger partial charge in [-0.1, -0.05) is 20.3 Å². The first kappa shape index (κ1) is 21.6. The summed E-state index contributed by atoms with van der Waals surface area (Å²) in [5.74, 6) is -0.496. The fourth-order valence-corrected chi connectivity index (χ4v) is 2.87. The van der Waals surface area contributed by atoms with E-state index in [1.165, 1.54) is 0 Å². The second kappa shape index (κ2) is 10.6. The highest BCUT2D eigenvalue weighted by molar-refractivity contribution is 5.97. The van der Waals surface area contributed by atoms with Gasteiger partial charge in [0.05, 0.1) is 19.8 Å². The van der Waals surface area contributed by atoms with Gasteiger partial charge in [0.15, 0.2) is 0 Å². The summed E-state index contributed by atoms with van der Waals surface area (Å²) < 4.78 is 5.27. The van der Waals surface area contributed by atoms with Gasteiger partial charge >= 0.3 is 6.03 Å². The van der Waals surface area contributed by atoms with E-state index >= 15 is 0 Å². The summed E-state index contributed by atoms with van der Waals surface area (Å²) in [7, 11) is 0. The molecule has 1 fully saturated rings. The van der Waals surface area contributed by atoms with Crippen LogP contribution in [0.3, 0.4) is 0 Å². The smallest absolute Gasteiger partial charge is 0.312 e. The Hall–Kier alpha value is -2.65. The molecule has 9 heteroatoms. The molecule has 1 aliphatic heterocycles. The fourth-order valence-electron chi connectivity index (χ4n) is 2.87. The molecule has 0 aliphatic carbocycles. The van der Waals surface area contributed by atoms with Crippen molar-refractivity contribution >= 4 is 29.2 Å². The lowest BCUT2D eigenvalue weighted by atomic mass is 9.98. The summed E-state index contributed by atoms with van der Waals surface area (Å²) in [6.07, 6.45) is 0.715. The zero-order chi connectivity index (χ0) is 20.5. The van der Waals surface area contributed by atoms with Gasteiger partial charge in [-0.25, -0.2) is 4.79 Å². The summed E-state index contributed by atoms with van der Waals surface area (Å²) in [5.41, 5.74) is 6.38. The second-order valence-corrected chi connectivity index (χ2v) is 6.88. The monoisotopic (exact) mass is 391 g/mol. The minimum absolute atomic E-state index is 0.0637. The molecule has 1 aliphatic rings. The molecule has 0 aromatic heterocycles. The number of hydrogen-bond acceptors (Lipinski definition) is 5. The number of primary amides is 1. The summed E-state index contributed by atoms with van der Waals surface area (Å²) in [4.78, 5) is 37.8. The Morgan fingerprint density at radius 2 is 1.68 bits per heavy atom. The van der Waals surface area contributed by atoms with Crippen LogP contribution in [0.1, 0.15) is 20.3 Å². The number of hydrogen-bond donors (Lipinski definition) is 4. The normalized spacial score (nSPS) is 16.6. The molecule has 28 heavy (non-hydrogen) atoms. The van der Waals surface area contributed by atoms with Crippen LogP contribution >= 0.6 is 0 Å². The highest BCUT2D eigenvalue weighted by Crippen LogP contribution is 2.16. The maximum Gasteiger partial charge on any atom is 0.312 e. The molecule has 0 unspecified atom stereocenters. The predicted molar refractivity (Wildman–Crippen MR) is 107 cm³/mol. The average Bonchev–Trinajstić information content (AvgIpc) is 2.67. The van der Waals surface area contributed by atoms with Gasteiger partial charge in [-0.2, -0.15) is 0 Å².